The fourth-order valence-electron chi connectivity index (χ4n) is 1.34. The van der Waals surface area contributed by atoms with Crippen molar-refractivity contribution in [3.05, 3.63) is 5.28 Å². The highest BCUT2D eigenvalue weighted by atomic mass is 35.5. The Hall–Kier alpha value is -1.28. The minimum atomic E-state index is -0.0190. The molecular formula is C12H21ClN6OS. The summed E-state index contributed by atoms with van der Waals surface area (Å²) in [5.41, 5.74) is 0. The third-order valence-corrected chi connectivity index (χ3v) is 3.15. The summed E-state index contributed by atoms with van der Waals surface area (Å²) < 4.78 is 0. The maximum absolute atomic E-state index is 11.4. The van der Waals surface area contributed by atoms with Crippen LogP contribution in [0.15, 0.2) is 0 Å². The zero-order valence-electron chi connectivity index (χ0n) is 12.4. The van der Waals surface area contributed by atoms with Crippen molar-refractivity contribution >= 4 is 40.5 Å². The first-order chi connectivity index (χ1) is 10.0. The maximum atomic E-state index is 11.4. The van der Waals surface area contributed by atoms with Crippen molar-refractivity contribution in [2.45, 2.75) is 33.2 Å². The van der Waals surface area contributed by atoms with Crippen molar-refractivity contribution in [3.63, 3.8) is 0 Å². The number of aromatic nitrogens is 3. The monoisotopic (exact) mass is 332 g/mol. The highest BCUT2D eigenvalue weighted by Gasteiger charge is 2.06. The highest BCUT2D eigenvalue weighted by molar-refractivity contribution is 8.13. The van der Waals surface area contributed by atoms with E-state index >= 15 is 0 Å². The first-order valence-corrected chi connectivity index (χ1v) is 8.20. The first-order valence-electron chi connectivity index (χ1n) is 6.84. The number of nitrogens with zero attached hydrogens (tertiary/aromatic N) is 3. The zero-order chi connectivity index (χ0) is 15.7. The molecule has 9 heteroatoms. The van der Waals surface area contributed by atoms with Crippen LogP contribution in [0.3, 0.4) is 0 Å². The minimum Gasteiger partial charge on any atom is -0.353 e. The second kappa shape index (κ2) is 9.62. The number of rotatable bonds is 8. The lowest BCUT2D eigenvalue weighted by atomic mass is 10.4. The summed E-state index contributed by atoms with van der Waals surface area (Å²) >= 11 is 7.06. The van der Waals surface area contributed by atoms with Gasteiger partial charge in [-0.3, -0.25) is 4.79 Å². The molecule has 1 heterocycles. The lowest BCUT2D eigenvalue weighted by molar-refractivity contribution is 0.260. The quantitative estimate of drug-likeness (QED) is 0.630. The van der Waals surface area contributed by atoms with Gasteiger partial charge >= 0.3 is 0 Å². The van der Waals surface area contributed by atoms with Crippen LogP contribution in [0, 0.1) is 0 Å². The molecule has 0 bridgehead atoms. The van der Waals surface area contributed by atoms with Gasteiger partial charge in [0.2, 0.25) is 17.2 Å². The third kappa shape index (κ3) is 7.91. The molecule has 0 aliphatic rings. The molecule has 1 amide bonds. The number of halogens is 1. The molecular weight excluding hydrogens is 312 g/mol. The van der Waals surface area contributed by atoms with Gasteiger partial charge in [0.15, 0.2) is 0 Å². The van der Waals surface area contributed by atoms with Crippen LogP contribution < -0.4 is 16.0 Å². The molecule has 0 radical (unpaired) electrons. The van der Waals surface area contributed by atoms with E-state index in [4.69, 9.17) is 11.6 Å². The van der Waals surface area contributed by atoms with Gasteiger partial charge in [0.1, 0.15) is 0 Å². The molecule has 3 N–H and O–H groups in total. The van der Waals surface area contributed by atoms with E-state index in [1.54, 1.807) is 0 Å². The van der Waals surface area contributed by atoms with Gasteiger partial charge in [-0.2, -0.15) is 15.0 Å². The van der Waals surface area contributed by atoms with Gasteiger partial charge in [-0.15, -0.1) is 0 Å². The topological polar surface area (TPSA) is 91.8 Å². The molecule has 0 aromatic carbocycles. The van der Waals surface area contributed by atoms with Crippen LogP contribution in [-0.2, 0) is 0 Å². The van der Waals surface area contributed by atoms with Gasteiger partial charge in [0.25, 0.3) is 5.24 Å². The molecule has 1 aromatic heterocycles. The van der Waals surface area contributed by atoms with Crippen molar-refractivity contribution in [1.82, 2.24) is 20.3 Å². The molecule has 21 heavy (non-hydrogen) atoms. The Kier molecular flexibility index (Phi) is 8.14. The predicted molar refractivity (Wildman–Crippen MR) is 88.2 cm³/mol. The smallest absolute Gasteiger partial charge is 0.279 e. The van der Waals surface area contributed by atoms with Gasteiger partial charge in [-0.05, 0) is 31.9 Å². The van der Waals surface area contributed by atoms with Crippen molar-refractivity contribution in [2.24, 2.45) is 0 Å². The average Bonchev–Trinajstić information content (AvgIpc) is 2.40. The Balaban J connectivity index is 2.37. The fourth-order valence-corrected chi connectivity index (χ4v) is 2.09. The van der Waals surface area contributed by atoms with Crippen LogP contribution in [0.1, 0.15) is 27.2 Å². The number of nitrogens with one attached hydrogen (secondary N) is 3. The van der Waals surface area contributed by atoms with E-state index in [9.17, 15) is 4.79 Å². The number of hydrogen-bond acceptors (Lipinski definition) is 7. The lowest BCUT2D eigenvalue weighted by Gasteiger charge is -2.10. The van der Waals surface area contributed by atoms with Crippen LogP contribution in [0.2, 0.25) is 5.28 Å². The summed E-state index contributed by atoms with van der Waals surface area (Å²) in [6, 6.07) is 0.203. The van der Waals surface area contributed by atoms with Crippen LogP contribution in [-0.4, -0.2) is 45.1 Å². The summed E-state index contributed by atoms with van der Waals surface area (Å²) in [6.07, 6.45) is 0.930. The van der Waals surface area contributed by atoms with Gasteiger partial charge in [0.05, 0.1) is 0 Å². The van der Waals surface area contributed by atoms with E-state index in [0.717, 1.165) is 6.42 Å². The van der Waals surface area contributed by atoms with E-state index in [2.05, 4.69) is 30.9 Å². The Labute approximate surface area is 134 Å². The SMILES string of the molecule is CCCNC(=O)SCCNc1nc(Cl)nc(NC(C)C)n1. The lowest BCUT2D eigenvalue weighted by Crippen LogP contribution is -2.21. The van der Waals surface area contributed by atoms with Crippen LogP contribution in [0.25, 0.3) is 0 Å². The fraction of sp³-hybridized carbons (Fsp3) is 0.667. The Bertz CT molecular complexity index is 459. The molecule has 7 nitrogen and oxygen atoms in total. The zero-order valence-corrected chi connectivity index (χ0v) is 14.0. The molecule has 0 spiro atoms. The van der Waals surface area contributed by atoms with E-state index < -0.39 is 0 Å². The van der Waals surface area contributed by atoms with E-state index in [0.29, 0.717) is 30.7 Å². The number of carbonyl (C=O) groups excluding carboxylic acids is 1. The first kappa shape index (κ1) is 17.8. The van der Waals surface area contributed by atoms with Crippen molar-refractivity contribution in [2.75, 3.05) is 29.5 Å². The molecule has 0 unspecified atom stereocenters. The standard InChI is InChI=1S/C12H21ClN6OS/c1-4-5-15-12(20)21-7-6-14-10-17-9(13)18-11(19-10)16-8(2)3/h8H,4-7H2,1-3H3,(H,15,20)(H2,14,16,17,18,19). The maximum Gasteiger partial charge on any atom is 0.279 e. The molecule has 1 rings (SSSR count). The Morgan fingerprint density at radius 3 is 2.62 bits per heavy atom. The van der Waals surface area contributed by atoms with Crippen molar-refractivity contribution < 1.29 is 4.79 Å². The van der Waals surface area contributed by atoms with Crippen molar-refractivity contribution in [1.29, 1.82) is 0 Å². The van der Waals surface area contributed by atoms with Gasteiger partial charge in [-0.1, -0.05) is 18.7 Å². The van der Waals surface area contributed by atoms with Crippen LogP contribution >= 0.6 is 23.4 Å². The number of thioether (sulfide) groups is 1. The third-order valence-electron chi connectivity index (χ3n) is 2.16. The van der Waals surface area contributed by atoms with Gasteiger partial charge in [-0.25, -0.2) is 0 Å². The molecule has 0 aliphatic carbocycles. The molecule has 1 aromatic rings. The number of carbonyl (C=O) groups is 1. The number of amides is 1. The van der Waals surface area contributed by atoms with Gasteiger partial charge < -0.3 is 16.0 Å². The minimum absolute atomic E-state index is 0.0190. The Morgan fingerprint density at radius 2 is 1.95 bits per heavy atom. The summed E-state index contributed by atoms with van der Waals surface area (Å²) in [7, 11) is 0. The van der Waals surface area contributed by atoms with E-state index in [1.807, 2.05) is 20.8 Å². The molecule has 0 aliphatic heterocycles. The molecule has 0 atom stereocenters. The number of anilines is 2. The number of hydrogen-bond donors (Lipinski definition) is 3. The van der Waals surface area contributed by atoms with Crippen molar-refractivity contribution in [3.8, 4) is 0 Å². The summed E-state index contributed by atoms with van der Waals surface area (Å²) in [5.74, 6) is 1.44. The molecule has 0 saturated heterocycles. The molecule has 118 valence electrons. The Morgan fingerprint density at radius 1 is 1.24 bits per heavy atom. The average molecular weight is 333 g/mol. The second-order valence-electron chi connectivity index (χ2n) is 4.54. The summed E-state index contributed by atoms with van der Waals surface area (Å²) in [5, 5.41) is 8.99. The predicted octanol–water partition coefficient (Wildman–Crippen LogP) is 2.61. The summed E-state index contributed by atoms with van der Waals surface area (Å²) in [4.78, 5) is 23.6. The molecule has 0 saturated carbocycles. The largest absolute Gasteiger partial charge is 0.353 e. The van der Waals surface area contributed by atoms with Gasteiger partial charge in [0, 0.05) is 24.9 Å². The summed E-state index contributed by atoms with van der Waals surface area (Å²) in [6.45, 7) is 7.24. The second-order valence-corrected chi connectivity index (χ2v) is 5.95. The van der Waals surface area contributed by atoms with E-state index in [1.165, 1.54) is 11.8 Å². The van der Waals surface area contributed by atoms with Crippen LogP contribution in [0.4, 0.5) is 16.7 Å². The molecule has 0 fully saturated rings. The van der Waals surface area contributed by atoms with Crippen LogP contribution in [0.5, 0.6) is 0 Å². The normalized spacial score (nSPS) is 10.5. The van der Waals surface area contributed by atoms with E-state index in [-0.39, 0.29) is 16.6 Å². The highest BCUT2D eigenvalue weighted by Crippen LogP contribution is 2.10.